The number of nitrogens with zero attached hydrogens (tertiary/aromatic N) is 4. The molecule has 1 aliphatic heterocycles. The molecule has 6 nitrogen and oxygen atoms in total. The number of nitriles is 1. The minimum absolute atomic E-state index is 0.170. The van der Waals surface area contributed by atoms with E-state index in [0.29, 0.717) is 12.4 Å². The topological polar surface area (TPSA) is 69.5 Å². The zero-order valence-electron chi connectivity index (χ0n) is 9.41. The molecule has 2 heterocycles. The third-order valence-corrected chi connectivity index (χ3v) is 2.57. The number of anilines is 1. The van der Waals surface area contributed by atoms with Crippen LogP contribution in [0.3, 0.4) is 0 Å². The second kappa shape index (κ2) is 4.80. The predicted octanol–water partition coefficient (Wildman–Crippen LogP) is 0.184. The van der Waals surface area contributed by atoms with Crippen molar-refractivity contribution < 1.29 is 9.63 Å². The molecule has 0 saturated carbocycles. The average molecular weight is 232 g/mol. The van der Waals surface area contributed by atoms with Crippen LogP contribution in [0.1, 0.15) is 0 Å². The van der Waals surface area contributed by atoms with Gasteiger partial charge in [0.15, 0.2) is 6.04 Å². The summed E-state index contributed by atoms with van der Waals surface area (Å²) in [7, 11) is 1.39. The van der Waals surface area contributed by atoms with Gasteiger partial charge in [-0.05, 0) is 12.1 Å². The molecule has 1 atom stereocenters. The van der Waals surface area contributed by atoms with Crippen LogP contribution in [0.2, 0.25) is 0 Å². The molecule has 2 rings (SSSR count). The van der Waals surface area contributed by atoms with Crippen LogP contribution in [0.5, 0.6) is 0 Å². The van der Waals surface area contributed by atoms with Crippen molar-refractivity contribution in [2.24, 2.45) is 0 Å². The molecule has 1 aromatic heterocycles. The van der Waals surface area contributed by atoms with E-state index in [4.69, 9.17) is 10.1 Å². The van der Waals surface area contributed by atoms with Crippen LogP contribution in [-0.2, 0) is 9.63 Å². The normalized spacial score (nSPS) is 20.2. The Hall–Kier alpha value is -2.13. The molecule has 0 spiro atoms. The molecule has 1 aromatic rings. The highest BCUT2D eigenvalue weighted by Gasteiger charge is 2.33. The number of piperazine rings is 1. The number of carbonyl (C=O) groups is 1. The first-order valence-corrected chi connectivity index (χ1v) is 5.18. The maximum Gasteiger partial charge on any atom is 0.266 e. The summed E-state index contributed by atoms with van der Waals surface area (Å²) in [5.41, 5.74) is 0. The summed E-state index contributed by atoms with van der Waals surface area (Å²) in [4.78, 5) is 22.6. The highest BCUT2D eigenvalue weighted by atomic mass is 16.7. The van der Waals surface area contributed by atoms with Gasteiger partial charge >= 0.3 is 0 Å². The molecular weight excluding hydrogens is 220 g/mol. The van der Waals surface area contributed by atoms with Crippen molar-refractivity contribution in [1.82, 2.24) is 10.0 Å². The average Bonchev–Trinajstić information content (AvgIpc) is 2.38. The van der Waals surface area contributed by atoms with Gasteiger partial charge in [-0.25, -0.2) is 10.0 Å². The van der Waals surface area contributed by atoms with E-state index >= 15 is 0 Å². The number of amides is 1. The van der Waals surface area contributed by atoms with Gasteiger partial charge < -0.3 is 4.90 Å². The third-order valence-electron chi connectivity index (χ3n) is 2.57. The molecule has 17 heavy (non-hydrogen) atoms. The molecule has 6 heteroatoms. The Labute approximate surface area is 99.0 Å². The second-order valence-electron chi connectivity index (χ2n) is 3.62. The fourth-order valence-electron chi connectivity index (χ4n) is 1.79. The summed E-state index contributed by atoms with van der Waals surface area (Å²) in [5.74, 6) is 0.452. The summed E-state index contributed by atoms with van der Waals surface area (Å²) in [6.45, 7) is 0.566. The van der Waals surface area contributed by atoms with Gasteiger partial charge in [0.05, 0.1) is 19.7 Å². The Morgan fingerprint density at radius 3 is 3.00 bits per heavy atom. The van der Waals surface area contributed by atoms with E-state index in [2.05, 4.69) is 4.98 Å². The van der Waals surface area contributed by atoms with E-state index < -0.39 is 6.04 Å². The Morgan fingerprint density at radius 2 is 2.41 bits per heavy atom. The zero-order chi connectivity index (χ0) is 12.3. The van der Waals surface area contributed by atoms with Crippen molar-refractivity contribution >= 4 is 11.7 Å². The maximum atomic E-state index is 11.8. The largest absolute Gasteiger partial charge is 0.344 e. The van der Waals surface area contributed by atoms with Crippen LogP contribution in [0, 0.1) is 11.3 Å². The summed E-state index contributed by atoms with van der Waals surface area (Å²) < 4.78 is 0. The van der Waals surface area contributed by atoms with E-state index in [0.717, 1.165) is 5.06 Å². The Morgan fingerprint density at radius 1 is 1.59 bits per heavy atom. The van der Waals surface area contributed by atoms with E-state index in [1.165, 1.54) is 7.11 Å². The Balaban J connectivity index is 2.19. The lowest BCUT2D eigenvalue weighted by atomic mass is 10.2. The standard InChI is InChI=1S/C11H12N4O2/c1-17-15-9(6-12)7-14(8-11(15)16)10-4-2-3-5-13-10/h2-5,9H,7-8H2,1H3. The number of hydrogen-bond acceptors (Lipinski definition) is 5. The minimum Gasteiger partial charge on any atom is -0.344 e. The van der Waals surface area contributed by atoms with E-state index in [-0.39, 0.29) is 12.5 Å². The van der Waals surface area contributed by atoms with Crippen molar-refractivity contribution in [1.29, 1.82) is 5.26 Å². The van der Waals surface area contributed by atoms with Crippen molar-refractivity contribution in [2.75, 3.05) is 25.1 Å². The molecular formula is C11H12N4O2. The third kappa shape index (κ3) is 2.19. The van der Waals surface area contributed by atoms with E-state index in [1.54, 1.807) is 17.2 Å². The quantitative estimate of drug-likeness (QED) is 0.727. The number of rotatable bonds is 2. The zero-order valence-corrected chi connectivity index (χ0v) is 9.41. The molecule has 1 amide bonds. The first-order chi connectivity index (χ1) is 8.26. The molecule has 1 saturated heterocycles. The van der Waals surface area contributed by atoms with Gasteiger partial charge in [0.2, 0.25) is 0 Å². The lowest BCUT2D eigenvalue weighted by molar-refractivity contribution is -0.184. The predicted molar refractivity (Wildman–Crippen MR) is 59.7 cm³/mol. The minimum atomic E-state index is -0.608. The van der Waals surface area contributed by atoms with Crippen LogP contribution in [0.4, 0.5) is 5.82 Å². The van der Waals surface area contributed by atoms with Crippen LogP contribution >= 0.6 is 0 Å². The van der Waals surface area contributed by atoms with Gasteiger partial charge in [0.25, 0.3) is 5.91 Å². The lowest BCUT2D eigenvalue weighted by Gasteiger charge is -2.36. The van der Waals surface area contributed by atoms with Gasteiger partial charge in [0, 0.05) is 6.20 Å². The van der Waals surface area contributed by atoms with Gasteiger partial charge in [0.1, 0.15) is 12.4 Å². The molecule has 88 valence electrons. The smallest absolute Gasteiger partial charge is 0.266 e. The maximum absolute atomic E-state index is 11.8. The van der Waals surface area contributed by atoms with Gasteiger partial charge in [-0.15, -0.1) is 0 Å². The molecule has 1 unspecified atom stereocenters. The summed E-state index contributed by atoms with van der Waals surface area (Å²) in [6.07, 6.45) is 1.66. The van der Waals surface area contributed by atoms with Crippen molar-refractivity contribution in [3.8, 4) is 6.07 Å². The van der Waals surface area contributed by atoms with Crippen molar-refractivity contribution in [3.05, 3.63) is 24.4 Å². The Bertz CT molecular complexity index is 443. The molecule has 0 N–H and O–H groups in total. The molecule has 0 radical (unpaired) electrons. The first-order valence-electron chi connectivity index (χ1n) is 5.18. The number of hydrogen-bond donors (Lipinski definition) is 0. The number of hydroxylamine groups is 2. The highest BCUT2D eigenvalue weighted by Crippen LogP contribution is 2.16. The van der Waals surface area contributed by atoms with E-state index in [9.17, 15) is 4.79 Å². The molecule has 0 aliphatic carbocycles. The van der Waals surface area contributed by atoms with Crippen molar-refractivity contribution in [3.63, 3.8) is 0 Å². The second-order valence-corrected chi connectivity index (χ2v) is 3.62. The molecule has 1 fully saturated rings. The van der Waals surface area contributed by atoms with Crippen LogP contribution in [0.15, 0.2) is 24.4 Å². The number of aromatic nitrogens is 1. The Kier molecular flexibility index (Phi) is 3.21. The van der Waals surface area contributed by atoms with Crippen LogP contribution in [0.25, 0.3) is 0 Å². The lowest BCUT2D eigenvalue weighted by Crippen LogP contribution is -2.55. The number of carbonyl (C=O) groups excluding carboxylic acids is 1. The van der Waals surface area contributed by atoms with Crippen LogP contribution in [-0.4, -0.2) is 42.2 Å². The first kappa shape index (κ1) is 11.4. The summed E-state index contributed by atoms with van der Waals surface area (Å²) in [5, 5.41) is 10.1. The fourth-order valence-corrected chi connectivity index (χ4v) is 1.79. The van der Waals surface area contributed by atoms with Gasteiger partial charge in [-0.1, -0.05) is 6.07 Å². The van der Waals surface area contributed by atoms with Crippen LogP contribution < -0.4 is 4.90 Å². The van der Waals surface area contributed by atoms with Crippen molar-refractivity contribution in [2.45, 2.75) is 6.04 Å². The monoisotopic (exact) mass is 232 g/mol. The molecule has 0 aromatic carbocycles. The van der Waals surface area contributed by atoms with E-state index in [1.807, 2.05) is 18.2 Å². The summed E-state index contributed by atoms with van der Waals surface area (Å²) >= 11 is 0. The SMILES string of the molecule is CON1C(=O)CN(c2ccccn2)CC1C#N. The van der Waals surface area contributed by atoms with Gasteiger partial charge in [-0.3, -0.25) is 9.63 Å². The van der Waals surface area contributed by atoms with Gasteiger partial charge in [-0.2, -0.15) is 5.26 Å². The number of pyridine rings is 1. The summed E-state index contributed by atoms with van der Waals surface area (Å²) in [6, 6.07) is 6.90. The molecule has 0 bridgehead atoms. The fraction of sp³-hybridized carbons (Fsp3) is 0.364. The molecule has 1 aliphatic rings. The highest BCUT2D eigenvalue weighted by molar-refractivity contribution is 5.82.